The van der Waals surface area contributed by atoms with Crippen LogP contribution in [0.1, 0.15) is 5.01 Å². The van der Waals surface area contributed by atoms with E-state index in [2.05, 4.69) is 4.98 Å². The normalized spacial score (nSPS) is 16.0. The van der Waals surface area contributed by atoms with Crippen LogP contribution in [-0.2, 0) is 4.79 Å². The van der Waals surface area contributed by atoms with Gasteiger partial charge < -0.3 is 0 Å². The van der Waals surface area contributed by atoms with Gasteiger partial charge in [0.15, 0.2) is 4.32 Å². The van der Waals surface area contributed by atoms with Gasteiger partial charge in [-0.3, -0.25) is 9.69 Å². The summed E-state index contributed by atoms with van der Waals surface area (Å²) in [5, 5.41) is 2.80. The van der Waals surface area contributed by atoms with Gasteiger partial charge in [0, 0.05) is 10.9 Å². The summed E-state index contributed by atoms with van der Waals surface area (Å²) in [4.78, 5) is 19.5. The number of carbonyl (C=O) groups excluding carboxylic acids is 1. The van der Waals surface area contributed by atoms with Crippen molar-refractivity contribution in [3.63, 3.8) is 0 Å². The van der Waals surface area contributed by atoms with Crippen molar-refractivity contribution in [1.82, 2.24) is 4.98 Å². The number of nitrogens with zero attached hydrogens (tertiary/aromatic N) is 2. The fourth-order valence-corrected chi connectivity index (χ4v) is 4.58. The first kappa shape index (κ1) is 16.2. The summed E-state index contributed by atoms with van der Waals surface area (Å²) >= 11 is 8.21. The van der Waals surface area contributed by atoms with E-state index < -0.39 is 0 Å². The minimum atomic E-state index is -0.0994. The molecule has 3 aromatic rings. The molecule has 0 radical (unpaired) electrons. The van der Waals surface area contributed by atoms with E-state index in [1.807, 2.05) is 72.1 Å². The molecule has 0 atom stereocenters. The zero-order valence-corrected chi connectivity index (χ0v) is 15.4. The molecule has 1 fully saturated rings. The lowest BCUT2D eigenvalue weighted by molar-refractivity contribution is -0.113. The summed E-state index contributed by atoms with van der Waals surface area (Å²) in [6.07, 6.45) is 1.82. The number of amides is 1. The molecule has 4 rings (SSSR count). The molecule has 0 bridgehead atoms. The first-order valence-electron chi connectivity index (χ1n) is 7.56. The van der Waals surface area contributed by atoms with Crippen molar-refractivity contribution in [1.29, 1.82) is 0 Å². The fourth-order valence-electron chi connectivity index (χ4n) is 2.47. The quantitative estimate of drug-likeness (QED) is 0.461. The summed E-state index contributed by atoms with van der Waals surface area (Å²) < 4.78 is 0.544. The molecule has 3 nitrogen and oxygen atoms in total. The van der Waals surface area contributed by atoms with E-state index in [0.717, 1.165) is 22.0 Å². The maximum atomic E-state index is 12.7. The van der Waals surface area contributed by atoms with Crippen LogP contribution in [0.3, 0.4) is 0 Å². The SMILES string of the molecule is O=C1C(=Cc2nc(-c3ccccc3)cs2)SC(=S)N1c1ccccc1. The smallest absolute Gasteiger partial charge is 0.268 e. The summed E-state index contributed by atoms with van der Waals surface area (Å²) in [6, 6.07) is 19.5. The first-order valence-corrected chi connectivity index (χ1v) is 9.67. The van der Waals surface area contributed by atoms with Gasteiger partial charge in [0.25, 0.3) is 5.91 Å². The lowest BCUT2D eigenvalue weighted by atomic mass is 10.2. The third kappa shape index (κ3) is 3.28. The minimum Gasteiger partial charge on any atom is -0.268 e. The van der Waals surface area contributed by atoms with Crippen LogP contribution >= 0.6 is 35.3 Å². The van der Waals surface area contributed by atoms with Gasteiger partial charge in [0.05, 0.1) is 16.3 Å². The molecule has 2 aromatic carbocycles. The molecule has 0 spiro atoms. The van der Waals surface area contributed by atoms with Crippen molar-refractivity contribution in [2.75, 3.05) is 4.90 Å². The zero-order chi connectivity index (χ0) is 17.2. The van der Waals surface area contributed by atoms with E-state index in [1.165, 1.54) is 23.1 Å². The van der Waals surface area contributed by atoms with E-state index in [0.29, 0.717) is 9.23 Å². The zero-order valence-electron chi connectivity index (χ0n) is 13.0. The van der Waals surface area contributed by atoms with Crippen LogP contribution in [0.5, 0.6) is 0 Å². The lowest BCUT2D eigenvalue weighted by Gasteiger charge is -2.13. The Bertz CT molecular complexity index is 965. The van der Waals surface area contributed by atoms with Crippen LogP contribution in [0.2, 0.25) is 0 Å². The second-order valence-corrected chi connectivity index (χ2v) is 7.86. The predicted octanol–water partition coefficient (Wildman–Crippen LogP) is 5.22. The van der Waals surface area contributed by atoms with Crippen LogP contribution in [0, 0.1) is 0 Å². The molecule has 0 N–H and O–H groups in total. The number of benzene rings is 2. The van der Waals surface area contributed by atoms with Crippen molar-refractivity contribution in [2.45, 2.75) is 0 Å². The Balaban J connectivity index is 1.62. The van der Waals surface area contributed by atoms with Crippen LogP contribution in [-0.4, -0.2) is 15.2 Å². The number of rotatable bonds is 3. The number of hydrogen-bond donors (Lipinski definition) is 0. The van der Waals surface area contributed by atoms with Crippen molar-refractivity contribution >= 4 is 57.3 Å². The number of hydrogen-bond acceptors (Lipinski definition) is 5. The van der Waals surface area contributed by atoms with E-state index in [9.17, 15) is 4.79 Å². The summed E-state index contributed by atoms with van der Waals surface area (Å²) in [7, 11) is 0. The van der Waals surface area contributed by atoms with Gasteiger partial charge in [-0.2, -0.15) is 0 Å². The van der Waals surface area contributed by atoms with E-state index in [-0.39, 0.29) is 5.91 Å². The van der Waals surface area contributed by atoms with Crippen molar-refractivity contribution in [3.05, 3.63) is 76.0 Å². The fraction of sp³-hybridized carbons (Fsp3) is 0. The molecule has 1 aliphatic rings. The molecule has 2 heterocycles. The highest BCUT2D eigenvalue weighted by Gasteiger charge is 2.33. The van der Waals surface area contributed by atoms with Gasteiger partial charge >= 0.3 is 0 Å². The molecule has 0 aliphatic carbocycles. The number of thiazole rings is 1. The first-order chi connectivity index (χ1) is 12.2. The van der Waals surface area contributed by atoms with E-state index in [1.54, 1.807) is 4.90 Å². The van der Waals surface area contributed by atoms with Crippen molar-refractivity contribution in [3.8, 4) is 11.3 Å². The molecule has 0 unspecified atom stereocenters. The van der Waals surface area contributed by atoms with Crippen LogP contribution in [0.4, 0.5) is 5.69 Å². The highest BCUT2D eigenvalue weighted by Crippen LogP contribution is 2.36. The largest absolute Gasteiger partial charge is 0.270 e. The minimum absolute atomic E-state index is 0.0994. The number of thioether (sulfide) groups is 1. The predicted molar refractivity (Wildman–Crippen MR) is 110 cm³/mol. The summed E-state index contributed by atoms with van der Waals surface area (Å²) in [6.45, 7) is 0. The molecular formula is C19H12N2OS3. The summed E-state index contributed by atoms with van der Waals surface area (Å²) in [5.41, 5.74) is 2.77. The Morgan fingerprint density at radius 3 is 2.40 bits per heavy atom. The van der Waals surface area contributed by atoms with Gasteiger partial charge in [-0.05, 0) is 18.2 Å². The Hall–Kier alpha value is -2.28. The van der Waals surface area contributed by atoms with Gasteiger partial charge in [0.1, 0.15) is 5.01 Å². The van der Waals surface area contributed by atoms with Crippen molar-refractivity contribution in [2.24, 2.45) is 0 Å². The lowest BCUT2D eigenvalue weighted by Crippen LogP contribution is -2.27. The van der Waals surface area contributed by atoms with Gasteiger partial charge in [-0.1, -0.05) is 72.5 Å². The maximum absolute atomic E-state index is 12.7. The van der Waals surface area contributed by atoms with Gasteiger partial charge in [0.2, 0.25) is 0 Å². The third-order valence-corrected chi connectivity index (χ3v) is 5.75. The number of thiocarbonyl (C=S) groups is 1. The Labute approximate surface area is 159 Å². The molecule has 0 saturated carbocycles. The molecular weight excluding hydrogens is 368 g/mol. The number of aromatic nitrogens is 1. The average Bonchev–Trinajstić information content (AvgIpc) is 3.22. The molecule has 122 valence electrons. The average molecular weight is 381 g/mol. The van der Waals surface area contributed by atoms with Crippen LogP contribution < -0.4 is 4.90 Å². The van der Waals surface area contributed by atoms with Crippen LogP contribution in [0.15, 0.2) is 70.9 Å². The van der Waals surface area contributed by atoms with Gasteiger partial charge in [-0.25, -0.2) is 4.98 Å². The second kappa shape index (κ2) is 6.92. The standard InChI is InChI=1S/C19H12N2OS3/c22-18-16(25-19(23)21(18)14-9-5-2-6-10-14)11-17-20-15(12-24-17)13-7-3-1-4-8-13/h1-12H. The molecule has 1 amide bonds. The number of carbonyl (C=O) groups is 1. The molecule has 25 heavy (non-hydrogen) atoms. The maximum Gasteiger partial charge on any atom is 0.270 e. The Kier molecular flexibility index (Phi) is 4.48. The second-order valence-electron chi connectivity index (χ2n) is 5.29. The molecule has 1 aromatic heterocycles. The van der Waals surface area contributed by atoms with Crippen molar-refractivity contribution < 1.29 is 4.79 Å². The topological polar surface area (TPSA) is 33.2 Å². The third-order valence-electron chi connectivity index (χ3n) is 3.65. The molecule has 1 aliphatic heterocycles. The monoisotopic (exact) mass is 380 g/mol. The molecule has 6 heteroatoms. The van der Waals surface area contributed by atoms with Gasteiger partial charge in [-0.15, -0.1) is 11.3 Å². The number of para-hydroxylation sites is 1. The van der Waals surface area contributed by atoms with E-state index >= 15 is 0 Å². The summed E-state index contributed by atoms with van der Waals surface area (Å²) in [5.74, 6) is -0.0994. The highest BCUT2D eigenvalue weighted by atomic mass is 32.2. The Morgan fingerprint density at radius 1 is 1.00 bits per heavy atom. The Morgan fingerprint density at radius 2 is 1.68 bits per heavy atom. The molecule has 1 saturated heterocycles. The van der Waals surface area contributed by atoms with E-state index in [4.69, 9.17) is 12.2 Å². The van der Waals surface area contributed by atoms with Crippen LogP contribution in [0.25, 0.3) is 17.3 Å². The number of anilines is 1. The highest BCUT2D eigenvalue weighted by molar-refractivity contribution is 8.27.